The highest BCUT2D eigenvalue weighted by atomic mass is 19.1. The lowest BCUT2D eigenvalue weighted by Crippen LogP contribution is -2.16. The first-order chi connectivity index (χ1) is 17.0. The lowest BCUT2D eigenvalue weighted by molar-refractivity contribution is 0.0990. The zero-order valence-corrected chi connectivity index (χ0v) is 18.4. The number of ether oxygens (including phenoxy) is 2. The van der Waals surface area contributed by atoms with Crippen LogP contribution in [0.2, 0.25) is 0 Å². The second-order valence-electron chi connectivity index (χ2n) is 7.99. The molecule has 0 bridgehead atoms. The molecule has 0 saturated heterocycles. The van der Waals surface area contributed by atoms with Crippen molar-refractivity contribution in [3.8, 4) is 11.5 Å². The van der Waals surface area contributed by atoms with Gasteiger partial charge in [-0.25, -0.2) is 9.37 Å². The van der Waals surface area contributed by atoms with E-state index in [1.807, 2.05) is 0 Å². The van der Waals surface area contributed by atoms with Crippen LogP contribution in [-0.2, 0) is 6.42 Å². The van der Waals surface area contributed by atoms with Gasteiger partial charge in [0.05, 0.1) is 11.2 Å². The van der Waals surface area contributed by atoms with Crippen molar-refractivity contribution >= 4 is 34.6 Å². The Hall–Kier alpha value is -4.59. The molecule has 7 nitrogen and oxygen atoms in total. The highest BCUT2D eigenvalue weighted by molar-refractivity contribution is 6.06. The van der Waals surface area contributed by atoms with Gasteiger partial charge in [-0.2, -0.15) is 0 Å². The van der Waals surface area contributed by atoms with Gasteiger partial charge in [-0.15, -0.1) is 0 Å². The van der Waals surface area contributed by atoms with Crippen molar-refractivity contribution in [2.45, 2.75) is 6.42 Å². The second-order valence-corrected chi connectivity index (χ2v) is 7.99. The molecule has 1 N–H and O–H groups in total. The maximum absolute atomic E-state index is 14.5. The van der Waals surface area contributed by atoms with Crippen molar-refractivity contribution in [3.05, 3.63) is 94.9 Å². The SMILES string of the molecule is O=Cc1ccc2cc(C(=O)Nc3cc(CC(=O)c4ccc5c(c4)OCCO5)ccc3F)ccc2n1. The van der Waals surface area contributed by atoms with Crippen LogP contribution in [0, 0.1) is 5.82 Å². The van der Waals surface area contributed by atoms with Crippen molar-refractivity contribution in [2.24, 2.45) is 0 Å². The molecule has 4 aromatic rings. The van der Waals surface area contributed by atoms with E-state index in [1.165, 1.54) is 18.2 Å². The van der Waals surface area contributed by atoms with E-state index >= 15 is 0 Å². The molecule has 35 heavy (non-hydrogen) atoms. The monoisotopic (exact) mass is 470 g/mol. The van der Waals surface area contributed by atoms with Crippen LogP contribution in [0.5, 0.6) is 11.5 Å². The van der Waals surface area contributed by atoms with E-state index in [9.17, 15) is 18.8 Å². The summed E-state index contributed by atoms with van der Waals surface area (Å²) in [5.41, 5.74) is 2.13. The van der Waals surface area contributed by atoms with Gasteiger partial charge in [0, 0.05) is 22.9 Å². The molecule has 5 rings (SSSR count). The Morgan fingerprint density at radius 3 is 2.54 bits per heavy atom. The van der Waals surface area contributed by atoms with Crippen molar-refractivity contribution in [1.82, 2.24) is 4.98 Å². The molecule has 1 aliphatic rings. The molecule has 0 spiro atoms. The average molecular weight is 470 g/mol. The largest absolute Gasteiger partial charge is 0.486 e. The number of aldehydes is 1. The Morgan fingerprint density at radius 1 is 0.914 bits per heavy atom. The number of carbonyl (C=O) groups excluding carboxylic acids is 3. The molecule has 1 amide bonds. The van der Waals surface area contributed by atoms with Gasteiger partial charge in [0.25, 0.3) is 5.91 Å². The third kappa shape index (κ3) is 4.72. The second kappa shape index (κ2) is 9.34. The first-order valence-corrected chi connectivity index (χ1v) is 10.9. The Balaban J connectivity index is 1.32. The highest BCUT2D eigenvalue weighted by Gasteiger charge is 2.17. The van der Waals surface area contributed by atoms with Gasteiger partial charge in [0.15, 0.2) is 23.6 Å². The van der Waals surface area contributed by atoms with Gasteiger partial charge < -0.3 is 14.8 Å². The molecule has 0 saturated carbocycles. The lowest BCUT2D eigenvalue weighted by atomic mass is 10.0. The molecular formula is C27H19FN2O5. The van der Waals surface area contributed by atoms with Crippen molar-refractivity contribution < 1.29 is 28.2 Å². The predicted octanol–water partition coefficient (Wildman–Crippen LogP) is 4.64. The fourth-order valence-corrected chi connectivity index (χ4v) is 3.83. The molecule has 0 atom stereocenters. The maximum Gasteiger partial charge on any atom is 0.255 e. The van der Waals surface area contributed by atoms with Crippen molar-refractivity contribution in [3.63, 3.8) is 0 Å². The van der Waals surface area contributed by atoms with E-state index in [2.05, 4.69) is 10.3 Å². The number of hydrogen-bond donors (Lipinski definition) is 1. The number of fused-ring (bicyclic) bond motifs is 2. The van der Waals surface area contributed by atoms with Gasteiger partial charge in [0.2, 0.25) is 0 Å². The summed E-state index contributed by atoms with van der Waals surface area (Å²) < 4.78 is 25.5. The smallest absolute Gasteiger partial charge is 0.255 e. The third-order valence-corrected chi connectivity index (χ3v) is 5.60. The Labute approximate surface area is 199 Å². The summed E-state index contributed by atoms with van der Waals surface area (Å²) in [7, 11) is 0. The number of carbonyl (C=O) groups is 3. The Kier molecular flexibility index (Phi) is 5.93. The Morgan fingerprint density at radius 2 is 1.71 bits per heavy atom. The summed E-state index contributed by atoms with van der Waals surface area (Å²) in [4.78, 5) is 40.7. The predicted molar refractivity (Wildman–Crippen MR) is 127 cm³/mol. The number of nitrogens with zero attached hydrogens (tertiary/aromatic N) is 1. The molecular weight excluding hydrogens is 451 g/mol. The van der Waals surface area contributed by atoms with Crippen molar-refractivity contribution in [1.29, 1.82) is 0 Å². The topological polar surface area (TPSA) is 94.6 Å². The van der Waals surface area contributed by atoms with Gasteiger partial charge in [-0.05, 0) is 60.2 Å². The molecule has 174 valence electrons. The minimum Gasteiger partial charge on any atom is -0.486 e. The van der Waals surface area contributed by atoms with Crippen LogP contribution in [0.4, 0.5) is 10.1 Å². The Bertz CT molecular complexity index is 1480. The number of pyridine rings is 1. The van der Waals surface area contributed by atoms with E-state index in [4.69, 9.17) is 9.47 Å². The van der Waals surface area contributed by atoms with Crippen LogP contribution in [0.3, 0.4) is 0 Å². The fourth-order valence-electron chi connectivity index (χ4n) is 3.83. The summed E-state index contributed by atoms with van der Waals surface area (Å²) in [6.45, 7) is 0.876. The van der Waals surface area contributed by atoms with Gasteiger partial charge in [-0.3, -0.25) is 14.4 Å². The molecule has 0 radical (unpaired) electrons. The standard InChI is InChI=1S/C27H19FN2O5/c28-21-6-1-16(12-24(32)18-4-8-25-26(14-18)35-10-9-34-25)11-23(21)30-27(33)19-3-7-22-17(13-19)2-5-20(15-31)29-22/h1-8,11,13-15H,9-10,12H2,(H,30,33). The quantitative estimate of drug-likeness (QED) is 0.326. The number of ketones is 1. The molecule has 0 aliphatic carbocycles. The van der Waals surface area contributed by atoms with E-state index in [0.29, 0.717) is 64.3 Å². The molecule has 0 unspecified atom stereocenters. The minimum atomic E-state index is -0.619. The molecule has 3 aromatic carbocycles. The zero-order valence-electron chi connectivity index (χ0n) is 18.4. The summed E-state index contributed by atoms with van der Waals surface area (Å²) in [5, 5.41) is 3.24. The molecule has 1 aliphatic heterocycles. The third-order valence-electron chi connectivity index (χ3n) is 5.60. The normalized spacial score (nSPS) is 12.3. The number of anilines is 1. The summed E-state index contributed by atoms with van der Waals surface area (Å²) in [6, 6.07) is 17.2. The van der Waals surface area contributed by atoms with E-state index in [-0.39, 0.29) is 17.9 Å². The molecule has 2 heterocycles. The zero-order chi connectivity index (χ0) is 24.4. The number of halogens is 1. The van der Waals surface area contributed by atoms with Crippen LogP contribution in [-0.4, -0.2) is 36.2 Å². The van der Waals surface area contributed by atoms with Crippen LogP contribution in [0.15, 0.2) is 66.7 Å². The van der Waals surface area contributed by atoms with Crippen LogP contribution >= 0.6 is 0 Å². The average Bonchev–Trinajstić information content (AvgIpc) is 2.89. The highest BCUT2D eigenvalue weighted by Crippen LogP contribution is 2.31. The first kappa shape index (κ1) is 22.2. The first-order valence-electron chi connectivity index (χ1n) is 10.9. The molecule has 0 fully saturated rings. The number of aromatic nitrogens is 1. The van der Waals surface area contributed by atoms with Gasteiger partial charge >= 0.3 is 0 Å². The molecule has 8 heteroatoms. The summed E-state index contributed by atoms with van der Waals surface area (Å²) >= 11 is 0. The van der Waals surface area contributed by atoms with Crippen molar-refractivity contribution in [2.75, 3.05) is 18.5 Å². The number of Topliss-reactive ketones (excluding diaryl/α,β-unsaturated/α-hetero) is 1. The van der Waals surface area contributed by atoms with Gasteiger partial charge in [0.1, 0.15) is 24.7 Å². The van der Waals surface area contributed by atoms with E-state index < -0.39 is 11.7 Å². The number of hydrogen-bond acceptors (Lipinski definition) is 6. The number of rotatable bonds is 6. The lowest BCUT2D eigenvalue weighted by Gasteiger charge is -2.18. The van der Waals surface area contributed by atoms with E-state index in [1.54, 1.807) is 48.5 Å². The minimum absolute atomic E-state index is 0.0174. The van der Waals surface area contributed by atoms with Crippen LogP contribution < -0.4 is 14.8 Å². The van der Waals surface area contributed by atoms with Gasteiger partial charge in [-0.1, -0.05) is 12.1 Å². The van der Waals surface area contributed by atoms with Crippen LogP contribution in [0.25, 0.3) is 10.9 Å². The maximum atomic E-state index is 14.5. The van der Waals surface area contributed by atoms with E-state index in [0.717, 1.165) is 0 Å². The number of amides is 1. The number of benzene rings is 3. The summed E-state index contributed by atoms with van der Waals surface area (Å²) in [5.74, 6) is -0.203. The van der Waals surface area contributed by atoms with Crippen LogP contribution in [0.1, 0.15) is 36.8 Å². The number of nitrogens with one attached hydrogen (secondary N) is 1. The molecule has 1 aromatic heterocycles. The fraction of sp³-hybridized carbons (Fsp3) is 0.111. The summed E-state index contributed by atoms with van der Waals surface area (Å²) in [6.07, 6.45) is 0.665.